The molecule has 1 aliphatic rings. The van der Waals surface area contributed by atoms with E-state index in [9.17, 15) is 20.1 Å². The maximum Gasteiger partial charge on any atom is 0.0721 e. The number of benzene rings is 1. The van der Waals surface area contributed by atoms with Crippen molar-refractivity contribution in [3.05, 3.63) is 65.5 Å². The maximum atomic E-state index is 10.8. The van der Waals surface area contributed by atoms with Crippen LogP contribution < -0.4 is 5.11 Å². The first-order valence-corrected chi connectivity index (χ1v) is 11.0. The van der Waals surface area contributed by atoms with Crippen molar-refractivity contribution in [1.29, 1.82) is 0 Å². The van der Waals surface area contributed by atoms with Crippen LogP contribution in [0, 0.1) is 0 Å². The van der Waals surface area contributed by atoms with Crippen LogP contribution in [0.25, 0.3) is 5.69 Å². The van der Waals surface area contributed by atoms with Crippen molar-refractivity contribution >= 4 is 5.97 Å². The molecule has 0 saturated heterocycles. The van der Waals surface area contributed by atoms with Gasteiger partial charge in [0.05, 0.1) is 12.2 Å². The third-order valence-corrected chi connectivity index (χ3v) is 5.86. The highest BCUT2D eigenvalue weighted by molar-refractivity contribution is 5.64. The molecule has 5 nitrogen and oxygen atoms in total. The Morgan fingerprint density at radius 1 is 1.27 bits per heavy atom. The van der Waals surface area contributed by atoms with Gasteiger partial charge in [0.2, 0.25) is 0 Å². The molecule has 5 heteroatoms. The molecule has 0 radical (unpaired) electrons. The summed E-state index contributed by atoms with van der Waals surface area (Å²) in [6, 6.07) is 12.0. The monoisotopic (exact) mass is 410 g/mol. The molecule has 30 heavy (non-hydrogen) atoms. The first-order valence-electron chi connectivity index (χ1n) is 11.0. The molecule has 3 rings (SSSR count). The number of aliphatic hydroxyl groups is 2. The molecule has 0 unspecified atom stereocenters. The van der Waals surface area contributed by atoms with Gasteiger partial charge in [-0.3, -0.25) is 0 Å². The number of para-hydroxylation sites is 1. The fourth-order valence-corrected chi connectivity index (χ4v) is 4.34. The summed E-state index contributed by atoms with van der Waals surface area (Å²) in [5.74, 6) is -1.20. The average molecular weight is 411 g/mol. The number of hydrogen-bond acceptors (Lipinski definition) is 4. The summed E-state index contributed by atoms with van der Waals surface area (Å²) in [4.78, 5) is 10.8. The largest absolute Gasteiger partial charge is 0.550 e. The van der Waals surface area contributed by atoms with Gasteiger partial charge in [-0.25, -0.2) is 0 Å². The highest BCUT2D eigenvalue weighted by atomic mass is 16.4. The smallest absolute Gasteiger partial charge is 0.0721 e. The first kappa shape index (κ1) is 22.3. The van der Waals surface area contributed by atoms with Gasteiger partial charge < -0.3 is 24.7 Å². The molecule has 2 N–H and O–H groups in total. The molecule has 1 heterocycles. The van der Waals surface area contributed by atoms with E-state index in [1.807, 2.05) is 42.5 Å². The number of carbonyl (C=O) groups excluding carboxylic acids is 1. The molecule has 0 spiro atoms. The third kappa shape index (κ3) is 5.41. The second-order valence-corrected chi connectivity index (χ2v) is 8.18. The molecule has 0 aliphatic heterocycles. The van der Waals surface area contributed by atoms with Crippen molar-refractivity contribution in [2.45, 2.75) is 76.4 Å². The summed E-state index contributed by atoms with van der Waals surface area (Å²) in [6.45, 7) is 2.14. The standard InChI is InChI=1S/C25H33NO4/c1-2-3-5-12-20(27)14-15-21-22-16-19(11-8-13-25(29)30)26(23(22)17-24(21)28)18-9-6-4-7-10-18/h4,6-7,9-10,14-16,20-21,24,27-28H,2-3,5,8,11-13,17H2,1H3,(H,29,30)/p-1/b15-14+/t20-,21+,24+/m0/s1. The van der Waals surface area contributed by atoms with Gasteiger partial charge in [0.1, 0.15) is 0 Å². The highest BCUT2D eigenvalue weighted by Gasteiger charge is 2.34. The minimum absolute atomic E-state index is 0.0283. The van der Waals surface area contributed by atoms with E-state index in [4.69, 9.17) is 0 Å². The van der Waals surface area contributed by atoms with Crippen molar-refractivity contribution in [1.82, 2.24) is 4.57 Å². The molecule has 1 aromatic carbocycles. The molecule has 0 bridgehead atoms. The van der Waals surface area contributed by atoms with Gasteiger partial charge in [0.15, 0.2) is 0 Å². The fraction of sp³-hybridized carbons (Fsp3) is 0.480. The summed E-state index contributed by atoms with van der Waals surface area (Å²) in [7, 11) is 0. The normalized spacial score (nSPS) is 19.3. The Bertz CT molecular complexity index is 856. The van der Waals surface area contributed by atoms with E-state index in [2.05, 4.69) is 17.6 Å². The quantitative estimate of drug-likeness (QED) is 0.440. The molecule has 162 valence electrons. The average Bonchev–Trinajstić information content (AvgIpc) is 3.21. The number of nitrogens with zero attached hydrogens (tertiary/aromatic N) is 1. The van der Waals surface area contributed by atoms with Crippen LogP contribution in [0.5, 0.6) is 0 Å². The summed E-state index contributed by atoms with van der Waals surface area (Å²) in [6.07, 6.45) is 8.39. The Morgan fingerprint density at radius 3 is 2.73 bits per heavy atom. The molecule has 0 amide bonds. The number of carboxylic acids is 1. The van der Waals surface area contributed by atoms with Gasteiger partial charge in [0.25, 0.3) is 0 Å². The first-order chi connectivity index (χ1) is 14.5. The fourth-order valence-electron chi connectivity index (χ4n) is 4.34. The zero-order valence-electron chi connectivity index (χ0n) is 17.7. The lowest BCUT2D eigenvalue weighted by atomic mass is 9.98. The topological polar surface area (TPSA) is 85.5 Å². The number of aliphatic carboxylic acids is 1. The van der Waals surface area contributed by atoms with Gasteiger partial charge in [-0.1, -0.05) is 56.5 Å². The molecule has 0 saturated carbocycles. The number of carboxylic acid groups (broad SMARTS) is 1. The van der Waals surface area contributed by atoms with Gasteiger partial charge in [-0.05, 0) is 49.4 Å². The third-order valence-electron chi connectivity index (χ3n) is 5.86. The number of aromatic nitrogens is 1. The Morgan fingerprint density at radius 2 is 2.03 bits per heavy atom. The summed E-state index contributed by atoms with van der Waals surface area (Å²) < 4.78 is 2.15. The van der Waals surface area contributed by atoms with E-state index >= 15 is 0 Å². The zero-order valence-corrected chi connectivity index (χ0v) is 17.7. The minimum Gasteiger partial charge on any atom is -0.550 e. The summed E-state index contributed by atoms with van der Waals surface area (Å²) in [5.41, 5.74) is 4.18. The number of aliphatic hydroxyl groups excluding tert-OH is 2. The minimum atomic E-state index is -1.03. The van der Waals surface area contributed by atoms with Crippen LogP contribution in [0.1, 0.15) is 68.3 Å². The van der Waals surface area contributed by atoms with E-state index in [-0.39, 0.29) is 12.3 Å². The van der Waals surface area contributed by atoms with Gasteiger partial charge >= 0.3 is 0 Å². The van der Waals surface area contributed by atoms with Crippen molar-refractivity contribution in [2.75, 3.05) is 0 Å². The molecule has 1 aromatic heterocycles. The van der Waals surface area contributed by atoms with Crippen molar-refractivity contribution in [3.8, 4) is 5.69 Å². The van der Waals surface area contributed by atoms with Gasteiger partial charge in [-0.2, -0.15) is 0 Å². The Labute approximate surface area is 178 Å². The molecule has 0 fully saturated rings. The Balaban J connectivity index is 1.85. The number of rotatable bonds is 11. The van der Waals surface area contributed by atoms with Crippen LogP contribution in [0.3, 0.4) is 0 Å². The zero-order chi connectivity index (χ0) is 21.5. The van der Waals surface area contributed by atoms with Crippen LogP contribution in [0.15, 0.2) is 48.6 Å². The van der Waals surface area contributed by atoms with E-state index in [1.165, 1.54) is 0 Å². The van der Waals surface area contributed by atoms with Crippen molar-refractivity contribution < 1.29 is 20.1 Å². The van der Waals surface area contributed by atoms with Gasteiger partial charge in [-0.15, -0.1) is 0 Å². The van der Waals surface area contributed by atoms with Crippen LogP contribution >= 0.6 is 0 Å². The van der Waals surface area contributed by atoms with E-state index < -0.39 is 18.2 Å². The number of unbranched alkanes of at least 4 members (excludes halogenated alkanes) is 2. The number of hydrogen-bond donors (Lipinski definition) is 2. The number of carbonyl (C=O) groups is 1. The molecular formula is C25H32NO4-. The Hall–Kier alpha value is -2.37. The predicted octanol–water partition coefficient (Wildman–Crippen LogP) is 3.05. The second kappa shape index (κ2) is 10.6. The lowest BCUT2D eigenvalue weighted by molar-refractivity contribution is -0.305. The lowest BCUT2D eigenvalue weighted by Gasteiger charge is -2.15. The van der Waals surface area contributed by atoms with Crippen LogP contribution in [-0.2, 0) is 17.6 Å². The summed E-state index contributed by atoms with van der Waals surface area (Å²) >= 11 is 0. The molecule has 2 aromatic rings. The van der Waals surface area contributed by atoms with E-state index in [0.717, 1.165) is 48.3 Å². The van der Waals surface area contributed by atoms with Crippen LogP contribution in [-0.4, -0.2) is 33.0 Å². The highest BCUT2D eigenvalue weighted by Crippen LogP contribution is 2.39. The number of aryl methyl sites for hydroxylation is 1. The van der Waals surface area contributed by atoms with Crippen molar-refractivity contribution in [2.24, 2.45) is 0 Å². The summed E-state index contributed by atoms with van der Waals surface area (Å²) in [5, 5.41) is 31.8. The molecule has 1 aliphatic carbocycles. The van der Waals surface area contributed by atoms with Crippen LogP contribution in [0.2, 0.25) is 0 Å². The Kier molecular flexibility index (Phi) is 7.88. The van der Waals surface area contributed by atoms with Gasteiger partial charge in [0, 0.05) is 35.4 Å². The molecule has 3 atom stereocenters. The lowest BCUT2D eigenvalue weighted by Crippen LogP contribution is -2.21. The molecular weight excluding hydrogens is 378 g/mol. The van der Waals surface area contributed by atoms with E-state index in [0.29, 0.717) is 19.3 Å². The maximum absolute atomic E-state index is 10.8. The predicted molar refractivity (Wildman–Crippen MR) is 115 cm³/mol. The SMILES string of the molecule is CCCCC[C@H](O)/C=C/[C@@H]1c2cc(CCCC(=O)[O-])n(-c3ccccc3)c2C[C@H]1O. The van der Waals surface area contributed by atoms with Crippen molar-refractivity contribution in [3.63, 3.8) is 0 Å². The number of fused-ring (bicyclic) bond motifs is 1. The second-order valence-electron chi connectivity index (χ2n) is 8.18. The van der Waals surface area contributed by atoms with Crippen LogP contribution in [0.4, 0.5) is 0 Å². The van der Waals surface area contributed by atoms with E-state index in [1.54, 1.807) is 0 Å².